The third kappa shape index (κ3) is 1.64. The van der Waals surface area contributed by atoms with E-state index in [-0.39, 0.29) is 11.0 Å². The molecule has 1 heterocycles. The molecule has 0 aromatic heterocycles. The van der Waals surface area contributed by atoms with E-state index in [0.29, 0.717) is 6.42 Å². The van der Waals surface area contributed by atoms with Gasteiger partial charge >= 0.3 is 0 Å². The largest absolute Gasteiger partial charge is 0.277 e. The van der Waals surface area contributed by atoms with Crippen molar-refractivity contribution in [3.63, 3.8) is 0 Å². The number of halogens is 2. The van der Waals surface area contributed by atoms with E-state index in [4.69, 9.17) is 0 Å². The van der Waals surface area contributed by atoms with Gasteiger partial charge in [-0.25, -0.2) is 13.2 Å². The van der Waals surface area contributed by atoms with Gasteiger partial charge in [0.2, 0.25) is 0 Å². The molecule has 1 atom stereocenters. The van der Waals surface area contributed by atoms with E-state index in [0.717, 1.165) is 0 Å². The van der Waals surface area contributed by atoms with Gasteiger partial charge in [0, 0.05) is 11.7 Å². The molecular weight excluding hydrogens is 144 g/mol. The Kier molecular flexibility index (Phi) is 2.05. The molecule has 1 aliphatic heterocycles. The Bertz CT molecular complexity index is 135. The quantitative estimate of drug-likeness (QED) is 0.523. The molecule has 0 bridgehead atoms. The average Bonchev–Trinajstić information content (AvgIpc) is 2.14. The molecule has 0 aromatic carbocycles. The molecule has 0 aliphatic carbocycles. The Balaban J connectivity index is 2.45. The molecule has 1 nitrogen and oxygen atoms in total. The van der Waals surface area contributed by atoms with E-state index in [1.807, 2.05) is 6.92 Å². The monoisotopic (exact) mass is 151 g/mol. The number of hydrogen-bond donors (Lipinski definition) is 0. The minimum absolute atomic E-state index is 0.0486. The van der Waals surface area contributed by atoms with Gasteiger partial charge in [-0.15, -0.1) is 0 Å². The Morgan fingerprint density at radius 2 is 2.44 bits per heavy atom. The molecule has 0 N–H and O–H groups in total. The summed E-state index contributed by atoms with van der Waals surface area (Å²) in [6.07, 6.45) is -1.90. The summed E-state index contributed by atoms with van der Waals surface area (Å²) in [7, 11) is 0. The van der Waals surface area contributed by atoms with Crippen LogP contribution in [0.1, 0.15) is 13.3 Å². The Morgan fingerprint density at radius 3 is 2.67 bits per heavy atom. The fourth-order valence-corrected chi connectivity index (χ4v) is 1.37. The van der Waals surface area contributed by atoms with Gasteiger partial charge in [0.25, 0.3) is 6.43 Å². The second-order valence-electron chi connectivity index (χ2n) is 2.00. The molecule has 52 valence electrons. The smallest absolute Gasteiger partial charge is 0.219 e. The van der Waals surface area contributed by atoms with Crippen LogP contribution in [0.25, 0.3) is 0 Å². The van der Waals surface area contributed by atoms with Crippen molar-refractivity contribution in [1.29, 1.82) is 0 Å². The van der Waals surface area contributed by atoms with E-state index < -0.39 is 6.43 Å². The van der Waals surface area contributed by atoms with Crippen molar-refractivity contribution in [1.82, 2.24) is 0 Å². The predicted molar refractivity (Wildman–Crippen MR) is 35.1 cm³/mol. The first kappa shape index (κ1) is 6.99. The van der Waals surface area contributed by atoms with E-state index in [1.54, 1.807) is 0 Å². The second-order valence-corrected chi connectivity index (χ2v) is 3.20. The second kappa shape index (κ2) is 2.64. The summed E-state index contributed by atoms with van der Waals surface area (Å²) in [4.78, 5) is 0. The molecule has 1 rings (SSSR count). The van der Waals surface area contributed by atoms with Crippen molar-refractivity contribution in [2.24, 2.45) is 4.40 Å². The molecule has 4 heteroatoms. The maximum atomic E-state index is 11.8. The lowest BCUT2D eigenvalue weighted by molar-refractivity contribution is 0.223. The first-order valence-corrected chi connectivity index (χ1v) is 3.54. The number of hydrogen-bond acceptors (Lipinski definition) is 2. The summed E-state index contributed by atoms with van der Waals surface area (Å²) < 4.78 is 27.1. The maximum absolute atomic E-state index is 11.8. The van der Waals surface area contributed by atoms with Crippen LogP contribution < -0.4 is 0 Å². The Labute approximate surface area is 56.7 Å². The van der Waals surface area contributed by atoms with Gasteiger partial charge in [-0.3, -0.25) is 0 Å². The molecule has 1 aliphatic rings. The highest BCUT2D eigenvalue weighted by molar-refractivity contribution is 7.99. The van der Waals surface area contributed by atoms with Crippen molar-refractivity contribution < 1.29 is 8.78 Å². The van der Waals surface area contributed by atoms with Gasteiger partial charge in [0.1, 0.15) is 0 Å². The minimum atomic E-state index is -2.34. The highest BCUT2D eigenvalue weighted by atomic mass is 32.2. The van der Waals surface area contributed by atoms with Crippen LogP contribution in [-0.4, -0.2) is 17.4 Å². The van der Waals surface area contributed by atoms with Gasteiger partial charge in [-0.2, -0.15) is 0 Å². The standard InChI is InChI=1S/C5H7F2NS/c1-3-2-4(5(6)7)8-9-3/h3,5H,2H2,1H3. The predicted octanol–water partition coefficient (Wildman–Crippen LogP) is 2.13. The summed E-state index contributed by atoms with van der Waals surface area (Å²) in [6, 6.07) is 0. The molecule has 0 saturated carbocycles. The highest BCUT2D eigenvalue weighted by Crippen LogP contribution is 2.26. The van der Waals surface area contributed by atoms with E-state index in [9.17, 15) is 8.78 Å². The van der Waals surface area contributed by atoms with Crippen LogP contribution in [-0.2, 0) is 0 Å². The normalized spacial score (nSPS) is 27.1. The molecule has 1 unspecified atom stereocenters. The summed E-state index contributed by atoms with van der Waals surface area (Å²) in [5.41, 5.74) is 0.0486. The lowest BCUT2D eigenvalue weighted by Crippen LogP contribution is -2.09. The van der Waals surface area contributed by atoms with E-state index in [2.05, 4.69) is 4.40 Å². The number of alkyl halides is 2. The number of nitrogens with zero attached hydrogens (tertiary/aromatic N) is 1. The van der Waals surface area contributed by atoms with Gasteiger partial charge in [0.05, 0.1) is 5.71 Å². The molecule has 9 heavy (non-hydrogen) atoms. The molecule has 0 fully saturated rings. The molecule has 0 amide bonds. The fourth-order valence-electron chi connectivity index (χ4n) is 0.656. The summed E-state index contributed by atoms with van der Waals surface area (Å²) in [5.74, 6) is 0. The summed E-state index contributed by atoms with van der Waals surface area (Å²) >= 11 is 1.24. The van der Waals surface area contributed by atoms with Crippen LogP contribution in [0.2, 0.25) is 0 Å². The zero-order valence-electron chi connectivity index (χ0n) is 4.97. The van der Waals surface area contributed by atoms with E-state index >= 15 is 0 Å². The van der Waals surface area contributed by atoms with Crippen LogP contribution in [0, 0.1) is 0 Å². The van der Waals surface area contributed by atoms with Gasteiger partial charge in [0.15, 0.2) is 0 Å². The maximum Gasteiger partial charge on any atom is 0.277 e. The third-order valence-corrected chi connectivity index (χ3v) is 1.96. The Hall–Kier alpha value is -0.120. The lowest BCUT2D eigenvalue weighted by atomic mass is 10.2. The van der Waals surface area contributed by atoms with Gasteiger partial charge in [-0.05, 0) is 11.9 Å². The summed E-state index contributed by atoms with van der Waals surface area (Å²) in [6.45, 7) is 1.89. The van der Waals surface area contributed by atoms with Crippen molar-refractivity contribution in [2.75, 3.05) is 0 Å². The fraction of sp³-hybridized carbons (Fsp3) is 0.800. The van der Waals surface area contributed by atoms with Gasteiger partial charge < -0.3 is 0 Å². The van der Waals surface area contributed by atoms with Crippen LogP contribution in [0.5, 0.6) is 0 Å². The van der Waals surface area contributed by atoms with Crippen molar-refractivity contribution in [2.45, 2.75) is 25.0 Å². The first-order valence-electron chi connectivity index (χ1n) is 2.71. The molecule has 0 aromatic rings. The average molecular weight is 151 g/mol. The highest BCUT2D eigenvalue weighted by Gasteiger charge is 2.22. The molecule has 0 spiro atoms. The lowest BCUT2D eigenvalue weighted by Gasteiger charge is -1.95. The number of rotatable bonds is 1. The van der Waals surface area contributed by atoms with Crippen LogP contribution in [0.4, 0.5) is 8.78 Å². The van der Waals surface area contributed by atoms with Crippen molar-refractivity contribution in [3.8, 4) is 0 Å². The van der Waals surface area contributed by atoms with Crippen molar-refractivity contribution in [3.05, 3.63) is 0 Å². The molecular formula is C5H7F2NS. The molecule has 0 saturated heterocycles. The van der Waals surface area contributed by atoms with Crippen LogP contribution in [0.15, 0.2) is 4.40 Å². The third-order valence-electron chi connectivity index (χ3n) is 1.10. The summed E-state index contributed by atoms with van der Waals surface area (Å²) in [5, 5.41) is 0.244. The SMILES string of the molecule is CC1CC(C(F)F)=NS1. The zero-order chi connectivity index (χ0) is 6.85. The topological polar surface area (TPSA) is 12.4 Å². The zero-order valence-corrected chi connectivity index (χ0v) is 5.79. The minimum Gasteiger partial charge on any atom is -0.219 e. The van der Waals surface area contributed by atoms with Crippen LogP contribution in [0.3, 0.4) is 0 Å². The van der Waals surface area contributed by atoms with Gasteiger partial charge in [-0.1, -0.05) is 6.92 Å². The van der Waals surface area contributed by atoms with Crippen molar-refractivity contribution >= 4 is 17.7 Å². The first-order chi connectivity index (χ1) is 4.20. The molecule has 0 radical (unpaired) electrons. The van der Waals surface area contributed by atoms with E-state index in [1.165, 1.54) is 11.9 Å². The van der Waals surface area contributed by atoms with Crippen LogP contribution >= 0.6 is 11.9 Å². The Morgan fingerprint density at radius 1 is 1.78 bits per heavy atom.